The fourth-order valence-corrected chi connectivity index (χ4v) is 2.21. The zero-order chi connectivity index (χ0) is 11.5. The van der Waals surface area contributed by atoms with Gasteiger partial charge in [-0.25, -0.2) is 8.42 Å². The fraction of sp³-hybridized carbons (Fsp3) is 0.444. The molecule has 84 valence electrons. The molecule has 1 atom stereocenters. The second-order valence-corrected chi connectivity index (χ2v) is 5.79. The average molecular weight is 229 g/mol. The van der Waals surface area contributed by atoms with E-state index in [9.17, 15) is 8.42 Å². The molecule has 0 aliphatic rings. The van der Waals surface area contributed by atoms with Gasteiger partial charge in [-0.15, -0.1) is 0 Å². The van der Waals surface area contributed by atoms with Crippen LogP contribution in [0.1, 0.15) is 17.2 Å². The molecule has 15 heavy (non-hydrogen) atoms. The number of pyridine rings is 1. The molecular formula is C9H15N3O2S. The maximum Gasteiger partial charge on any atom is 0.149 e. The first kappa shape index (κ1) is 12.1. The Labute approximate surface area is 89.6 Å². The van der Waals surface area contributed by atoms with Crippen LogP contribution >= 0.6 is 0 Å². The normalized spacial score (nSPS) is 13.8. The van der Waals surface area contributed by atoms with Crippen molar-refractivity contribution in [1.82, 2.24) is 10.4 Å². The summed E-state index contributed by atoms with van der Waals surface area (Å²) >= 11 is 0. The largest absolute Gasteiger partial charge is 0.271 e. The summed E-state index contributed by atoms with van der Waals surface area (Å²) in [5, 5.41) is 0. The van der Waals surface area contributed by atoms with Gasteiger partial charge in [0.2, 0.25) is 0 Å². The van der Waals surface area contributed by atoms with E-state index < -0.39 is 15.9 Å². The van der Waals surface area contributed by atoms with Crippen molar-refractivity contribution < 1.29 is 8.42 Å². The number of nitrogens with one attached hydrogen (secondary N) is 1. The van der Waals surface area contributed by atoms with Crippen LogP contribution in [0.3, 0.4) is 0 Å². The molecule has 6 heteroatoms. The third kappa shape index (κ3) is 3.94. The van der Waals surface area contributed by atoms with Crippen LogP contribution in [0.25, 0.3) is 0 Å². The monoisotopic (exact) mass is 229 g/mol. The van der Waals surface area contributed by atoms with Gasteiger partial charge in [-0.3, -0.25) is 16.3 Å². The maximum atomic E-state index is 11.1. The first-order valence-electron chi connectivity index (χ1n) is 4.48. The lowest BCUT2D eigenvalue weighted by molar-refractivity contribution is 0.563. The second-order valence-electron chi connectivity index (χ2n) is 3.61. The van der Waals surface area contributed by atoms with Crippen molar-refractivity contribution in [2.24, 2.45) is 5.84 Å². The molecule has 0 aliphatic heterocycles. The van der Waals surface area contributed by atoms with E-state index in [1.54, 1.807) is 12.4 Å². The Hall–Kier alpha value is -0.980. The molecule has 0 fully saturated rings. The van der Waals surface area contributed by atoms with Gasteiger partial charge in [-0.2, -0.15) is 0 Å². The SMILES string of the molecule is Cc1cncc(C(CS(C)(=O)=O)NN)c1. The van der Waals surface area contributed by atoms with Crippen LogP contribution in [-0.2, 0) is 9.84 Å². The van der Waals surface area contributed by atoms with Gasteiger partial charge in [0.1, 0.15) is 9.84 Å². The van der Waals surface area contributed by atoms with E-state index in [0.29, 0.717) is 0 Å². The van der Waals surface area contributed by atoms with Crippen LogP contribution in [0.4, 0.5) is 0 Å². The van der Waals surface area contributed by atoms with Gasteiger partial charge in [-0.05, 0) is 18.1 Å². The molecule has 1 aromatic heterocycles. The van der Waals surface area contributed by atoms with E-state index in [2.05, 4.69) is 10.4 Å². The third-order valence-corrected chi connectivity index (χ3v) is 2.91. The van der Waals surface area contributed by atoms with Crippen molar-refractivity contribution in [1.29, 1.82) is 0 Å². The number of rotatable bonds is 4. The van der Waals surface area contributed by atoms with Crippen molar-refractivity contribution in [2.75, 3.05) is 12.0 Å². The van der Waals surface area contributed by atoms with Crippen LogP contribution in [0, 0.1) is 6.92 Å². The van der Waals surface area contributed by atoms with Crippen molar-refractivity contribution in [3.8, 4) is 0 Å². The summed E-state index contributed by atoms with van der Waals surface area (Å²) in [5.41, 5.74) is 4.24. The summed E-state index contributed by atoms with van der Waals surface area (Å²) in [7, 11) is -3.07. The third-order valence-electron chi connectivity index (χ3n) is 1.97. The van der Waals surface area contributed by atoms with Crippen LogP contribution < -0.4 is 11.3 Å². The molecule has 0 bridgehead atoms. The molecule has 1 aromatic rings. The van der Waals surface area contributed by atoms with Gasteiger partial charge in [0.05, 0.1) is 11.8 Å². The van der Waals surface area contributed by atoms with E-state index in [4.69, 9.17) is 5.84 Å². The van der Waals surface area contributed by atoms with Crippen LogP contribution in [0.15, 0.2) is 18.5 Å². The lowest BCUT2D eigenvalue weighted by Crippen LogP contribution is -2.33. The lowest BCUT2D eigenvalue weighted by Gasteiger charge is -2.14. The fourth-order valence-electron chi connectivity index (χ4n) is 1.31. The van der Waals surface area contributed by atoms with E-state index in [-0.39, 0.29) is 5.75 Å². The molecule has 0 aliphatic carbocycles. The topological polar surface area (TPSA) is 85.1 Å². The van der Waals surface area contributed by atoms with E-state index >= 15 is 0 Å². The maximum absolute atomic E-state index is 11.1. The van der Waals surface area contributed by atoms with Crippen molar-refractivity contribution >= 4 is 9.84 Å². The van der Waals surface area contributed by atoms with E-state index in [1.165, 1.54) is 6.26 Å². The quantitative estimate of drug-likeness (QED) is 0.558. The zero-order valence-electron chi connectivity index (χ0n) is 8.77. The highest BCUT2D eigenvalue weighted by Gasteiger charge is 2.16. The molecule has 0 spiro atoms. The predicted molar refractivity (Wildman–Crippen MR) is 58.7 cm³/mol. The van der Waals surface area contributed by atoms with Gasteiger partial charge >= 0.3 is 0 Å². The highest BCUT2D eigenvalue weighted by Crippen LogP contribution is 2.13. The number of hydrazine groups is 1. The Morgan fingerprint density at radius 2 is 2.20 bits per heavy atom. The number of aromatic nitrogens is 1. The van der Waals surface area contributed by atoms with Crippen molar-refractivity contribution in [3.05, 3.63) is 29.6 Å². The van der Waals surface area contributed by atoms with Crippen LogP contribution in [-0.4, -0.2) is 25.4 Å². The smallest absolute Gasteiger partial charge is 0.149 e. The molecule has 3 N–H and O–H groups in total. The van der Waals surface area contributed by atoms with E-state index in [1.807, 2.05) is 13.0 Å². The number of aryl methyl sites for hydroxylation is 1. The first-order valence-corrected chi connectivity index (χ1v) is 6.54. The molecule has 0 radical (unpaired) electrons. The summed E-state index contributed by atoms with van der Waals surface area (Å²) in [5.74, 6) is 5.29. The summed E-state index contributed by atoms with van der Waals surface area (Å²) in [6, 6.07) is 1.45. The van der Waals surface area contributed by atoms with E-state index in [0.717, 1.165) is 11.1 Å². The Bertz CT molecular complexity index is 431. The summed E-state index contributed by atoms with van der Waals surface area (Å²) in [6.45, 7) is 1.89. The first-order chi connectivity index (χ1) is 6.92. The summed E-state index contributed by atoms with van der Waals surface area (Å²) in [6.07, 6.45) is 4.50. The number of nitrogens with zero attached hydrogens (tertiary/aromatic N) is 1. The molecule has 5 nitrogen and oxygen atoms in total. The zero-order valence-corrected chi connectivity index (χ0v) is 9.58. The minimum absolute atomic E-state index is 0.0331. The lowest BCUT2D eigenvalue weighted by atomic mass is 10.1. The summed E-state index contributed by atoms with van der Waals surface area (Å²) < 4.78 is 22.3. The Balaban J connectivity index is 2.93. The number of sulfone groups is 1. The standard InChI is InChI=1S/C9H15N3O2S/c1-7-3-8(5-11-4-7)9(12-10)6-15(2,13)14/h3-5,9,12H,6,10H2,1-2H3. The van der Waals surface area contributed by atoms with Gasteiger partial charge in [0.25, 0.3) is 0 Å². The Morgan fingerprint density at radius 1 is 1.53 bits per heavy atom. The Kier molecular flexibility index (Phi) is 3.78. The van der Waals surface area contributed by atoms with Gasteiger partial charge < -0.3 is 0 Å². The second kappa shape index (κ2) is 4.69. The minimum atomic E-state index is -3.07. The number of hydrogen-bond donors (Lipinski definition) is 2. The summed E-state index contributed by atoms with van der Waals surface area (Å²) in [4.78, 5) is 3.99. The highest BCUT2D eigenvalue weighted by molar-refractivity contribution is 7.90. The molecule has 0 amide bonds. The molecule has 1 rings (SSSR count). The minimum Gasteiger partial charge on any atom is -0.271 e. The van der Waals surface area contributed by atoms with Gasteiger partial charge in [0, 0.05) is 18.6 Å². The average Bonchev–Trinajstić information content (AvgIpc) is 2.13. The van der Waals surface area contributed by atoms with Gasteiger partial charge in [0.15, 0.2) is 0 Å². The van der Waals surface area contributed by atoms with Gasteiger partial charge in [-0.1, -0.05) is 6.07 Å². The molecule has 0 saturated carbocycles. The molecule has 0 aromatic carbocycles. The molecular weight excluding hydrogens is 214 g/mol. The molecule has 0 saturated heterocycles. The molecule has 1 unspecified atom stereocenters. The van der Waals surface area contributed by atoms with Crippen LogP contribution in [0.5, 0.6) is 0 Å². The van der Waals surface area contributed by atoms with Crippen molar-refractivity contribution in [3.63, 3.8) is 0 Å². The predicted octanol–water partition coefficient (Wildman–Crippen LogP) is -0.0610. The number of hydrogen-bond acceptors (Lipinski definition) is 5. The van der Waals surface area contributed by atoms with Crippen molar-refractivity contribution in [2.45, 2.75) is 13.0 Å². The highest BCUT2D eigenvalue weighted by atomic mass is 32.2. The van der Waals surface area contributed by atoms with Crippen LogP contribution in [0.2, 0.25) is 0 Å². The molecule has 1 heterocycles. The Morgan fingerprint density at radius 3 is 2.67 bits per heavy atom. The number of nitrogens with two attached hydrogens (primary N) is 1.